The average Bonchev–Trinajstić information content (AvgIpc) is 2.93. The van der Waals surface area contributed by atoms with Crippen molar-refractivity contribution in [3.05, 3.63) is 99.0 Å². The lowest BCUT2D eigenvalue weighted by atomic mass is 10.0. The second kappa shape index (κ2) is 15.6. The highest BCUT2D eigenvalue weighted by atomic mass is 35.5. The van der Waals surface area contributed by atoms with Crippen molar-refractivity contribution in [2.45, 2.75) is 72.0 Å². The minimum Gasteiger partial charge on any atom is -0.352 e. The van der Waals surface area contributed by atoms with Gasteiger partial charge in [0.2, 0.25) is 21.8 Å². The third kappa shape index (κ3) is 10.3. The van der Waals surface area contributed by atoms with Crippen LogP contribution < -0.4 is 9.62 Å². The molecule has 2 amide bonds. The van der Waals surface area contributed by atoms with Gasteiger partial charge in [-0.1, -0.05) is 72.6 Å². The first-order chi connectivity index (χ1) is 20.3. The molecule has 0 unspecified atom stereocenters. The Morgan fingerprint density at radius 2 is 1.60 bits per heavy atom. The van der Waals surface area contributed by atoms with Crippen LogP contribution in [0.25, 0.3) is 0 Å². The number of rotatable bonds is 14. The number of hydrogen-bond acceptors (Lipinski definition) is 4. The second-order valence-corrected chi connectivity index (χ2v) is 13.8. The van der Waals surface area contributed by atoms with Crippen LogP contribution in [0.2, 0.25) is 10.0 Å². The molecule has 1 N–H and O–H groups in total. The number of aryl methyl sites for hydroxylation is 2. The van der Waals surface area contributed by atoms with Crippen molar-refractivity contribution in [1.82, 2.24) is 10.2 Å². The molecule has 10 heteroatoms. The normalized spacial score (nSPS) is 12.8. The molecule has 0 aliphatic heterocycles. The minimum absolute atomic E-state index is 0.0317. The summed E-state index contributed by atoms with van der Waals surface area (Å²) in [6, 6.07) is 19.3. The quantitative estimate of drug-likeness (QED) is 0.211. The standard InChI is InChI=1S/C33H41Cl2N3O4S/c1-6-25(4)36-33(40)31(20-26-11-8-7-9-12-26)37(22-27-14-15-28(34)21-30(27)35)32(39)13-10-16-38(43(5,41)42)29-18-23(2)17-24(3)19-29/h7-9,11-12,14-15,17-19,21,25,31H,6,10,13,16,20,22H2,1-5H3,(H,36,40)/t25-,31+/m1/s1. The van der Waals surface area contributed by atoms with E-state index in [9.17, 15) is 18.0 Å². The monoisotopic (exact) mass is 645 g/mol. The van der Waals surface area contributed by atoms with Gasteiger partial charge in [-0.2, -0.15) is 0 Å². The number of carbonyl (C=O) groups excluding carboxylic acids is 2. The number of nitrogens with one attached hydrogen (secondary N) is 1. The molecule has 0 fully saturated rings. The van der Waals surface area contributed by atoms with Crippen molar-refractivity contribution in [3.63, 3.8) is 0 Å². The van der Waals surface area contributed by atoms with Crippen LogP contribution in [0, 0.1) is 13.8 Å². The van der Waals surface area contributed by atoms with Crippen molar-refractivity contribution in [3.8, 4) is 0 Å². The van der Waals surface area contributed by atoms with Crippen LogP contribution >= 0.6 is 23.2 Å². The molecule has 232 valence electrons. The van der Waals surface area contributed by atoms with Crippen LogP contribution in [-0.4, -0.2) is 50.0 Å². The maximum atomic E-state index is 14.0. The molecular formula is C33H41Cl2N3O4S. The number of benzene rings is 3. The molecule has 0 aliphatic carbocycles. The number of halogens is 2. The first kappa shape index (κ1) is 34.4. The first-order valence-corrected chi connectivity index (χ1v) is 17.0. The van der Waals surface area contributed by atoms with Crippen LogP contribution in [-0.2, 0) is 32.6 Å². The third-order valence-corrected chi connectivity index (χ3v) is 9.06. The SMILES string of the molecule is CC[C@@H](C)NC(=O)[C@H](Cc1ccccc1)N(Cc1ccc(Cl)cc1Cl)C(=O)CCCN(c1cc(C)cc(C)c1)S(C)(=O)=O. The Morgan fingerprint density at radius 1 is 0.953 bits per heavy atom. The van der Waals surface area contributed by atoms with E-state index in [2.05, 4.69) is 5.32 Å². The van der Waals surface area contributed by atoms with Gasteiger partial charge in [-0.3, -0.25) is 13.9 Å². The molecular weight excluding hydrogens is 605 g/mol. The maximum absolute atomic E-state index is 14.0. The predicted octanol–water partition coefficient (Wildman–Crippen LogP) is 6.71. The average molecular weight is 647 g/mol. The van der Waals surface area contributed by atoms with Gasteiger partial charge in [0.1, 0.15) is 6.04 Å². The summed E-state index contributed by atoms with van der Waals surface area (Å²) in [6.07, 6.45) is 2.49. The predicted molar refractivity (Wildman–Crippen MR) is 176 cm³/mol. The summed E-state index contributed by atoms with van der Waals surface area (Å²) < 4.78 is 26.8. The fraction of sp³-hybridized carbons (Fsp3) is 0.394. The van der Waals surface area contributed by atoms with E-state index in [4.69, 9.17) is 23.2 Å². The van der Waals surface area contributed by atoms with Gasteiger partial charge in [0.15, 0.2) is 0 Å². The molecule has 7 nitrogen and oxygen atoms in total. The summed E-state index contributed by atoms with van der Waals surface area (Å²) in [4.78, 5) is 29.3. The number of hydrogen-bond donors (Lipinski definition) is 1. The zero-order chi connectivity index (χ0) is 31.7. The Balaban J connectivity index is 1.93. The summed E-state index contributed by atoms with van der Waals surface area (Å²) in [7, 11) is -3.60. The third-order valence-electron chi connectivity index (χ3n) is 7.27. The minimum atomic E-state index is -3.60. The van der Waals surface area contributed by atoms with Gasteiger partial charge in [0.05, 0.1) is 11.9 Å². The fourth-order valence-corrected chi connectivity index (χ4v) is 6.34. The van der Waals surface area contributed by atoms with E-state index < -0.39 is 16.1 Å². The lowest BCUT2D eigenvalue weighted by molar-refractivity contribution is -0.141. The van der Waals surface area contributed by atoms with Gasteiger partial charge >= 0.3 is 0 Å². The number of amides is 2. The topological polar surface area (TPSA) is 86.8 Å². The Morgan fingerprint density at radius 3 is 2.19 bits per heavy atom. The highest BCUT2D eigenvalue weighted by molar-refractivity contribution is 7.92. The number of sulfonamides is 1. The van der Waals surface area contributed by atoms with Crippen LogP contribution in [0.3, 0.4) is 0 Å². The molecule has 0 saturated heterocycles. The zero-order valence-electron chi connectivity index (χ0n) is 25.4. The van der Waals surface area contributed by atoms with E-state index >= 15 is 0 Å². The van der Waals surface area contributed by atoms with E-state index in [0.29, 0.717) is 27.7 Å². The van der Waals surface area contributed by atoms with Gasteiger partial charge in [-0.05, 0) is 80.1 Å². The molecule has 0 radical (unpaired) electrons. The molecule has 3 aromatic carbocycles. The van der Waals surface area contributed by atoms with Crippen molar-refractivity contribution >= 4 is 50.7 Å². The van der Waals surface area contributed by atoms with Crippen molar-refractivity contribution in [2.75, 3.05) is 17.1 Å². The van der Waals surface area contributed by atoms with Gasteiger partial charge in [0.25, 0.3) is 0 Å². The molecule has 0 aliphatic rings. The Kier molecular flexibility index (Phi) is 12.5. The van der Waals surface area contributed by atoms with E-state index in [-0.39, 0.29) is 43.8 Å². The molecule has 0 saturated carbocycles. The van der Waals surface area contributed by atoms with Gasteiger partial charge in [0, 0.05) is 42.0 Å². The zero-order valence-corrected chi connectivity index (χ0v) is 27.8. The highest BCUT2D eigenvalue weighted by Crippen LogP contribution is 2.26. The Bertz CT molecular complexity index is 1500. The summed E-state index contributed by atoms with van der Waals surface area (Å²) in [6.45, 7) is 7.94. The maximum Gasteiger partial charge on any atom is 0.243 e. The smallest absolute Gasteiger partial charge is 0.243 e. The molecule has 0 bridgehead atoms. The lowest BCUT2D eigenvalue weighted by Crippen LogP contribution is -2.52. The Hall–Kier alpha value is -3.07. The molecule has 0 heterocycles. The van der Waals surface area contributed by atoms with Crippen LogP contribution in [0.5, 0.6) is 0 Å². The number of anilines is 1. The summed E-state index contributed by atoms with van der Waals surface area (Å²) in [5.41, 5.74) is 4.02. The fourth-order valence-electron chi connectivity index (χ4n) is 4.93. The van der Waals surface area contributed by atoms with E-state index in [1.165, 1.54) is 4.31 Å². The molecule has 3 aromatic rings. The van der Waals surface area contributed by atoms with E-state index in [0.717, 1.165) is 29.4 Å². The Labute approximate surface area is 266 Å². The number of carbonyl (C=O) groups is 2. The van der Waals surface area contributed by atoms with Gasteiger partial charge in [-0.15, -0.1) is 0 Å². The number of nitrogens with zero attached hydrogens (tertiary/aromatic N) is 2. The van der Waals surface area contributed by atoms with Crippen LogP contribution in [0.4, 0.5) is 5.69 Å². The van der Waals surface area contributed by atoms with E-state index in [1.54, 1.807) is 23.1 Å². The second-order valence-electron chi connectivity index (χ2n) is 11.1. The summed E-state index contributed by atoms with van der Waals surface area (Å²) in [5, 5.41) is 3.91. The lowest BCUT2D eigenvalue weighted by Gasteiger charge is -2.33. The summed E-state index contributed by atoms with van der Waals surface area (Å²) >= 11 is 12.7. The van der Waals surface area contributed by atoms with Crippen molar-refractivity contribution < 1.29 is 18.0 Å². The van der Waals surface area contributed by atoms with Crippen LogP contribution in [0.1, 0.15) is 55.4 Å². The van der Waals surface area contributed by atoms with Crippen LogP contribution in [0.15, 0.2) is 66.7 Å². The van der Waals surface area contributed by atoms with Gasteiger partial charge < -0.3 is 10.2 Å². The van der Waals surface area contributed by atoms with Gasteiger partial charge in [-0.25, -0.2) is 8.42 Å². The summed E-state index contributed by atoms with van der Waals surface area (Å²) in [5.74, 6) is -0.537. The molecule has 3 rings (SSSR count). The molecule has 0 aromatic heterocycles. The van der Waals surface area contributed by atoms with Crippen molar-refractivity contribution in [2.24, 2.45) is 0 Å². The van der Waals surface area contributed by atoms with Crippen molar-refractivity contribution in [1.29, 1.82) is 0 Å². The van der Waals surface area contributed by atoms with E-state index in [1.807, 2.05) is 76.2 Å². The molecule has 2 atom stereocenters. The molecule has 0 spiro atoms. The first-order valence-electron chi connectivity index (χ1n) is 14.4. The largest absolute Gasteiger partial charge is 0.352 e. The molecule has 43 heavy (non-hydrogen) atoms. The highest BCUT2D eigenvalue weighted by Gasteiger charge is 2.31.